The van der Waals surface area contributed by atoms with Crippen LogP contribution in [0.3, 0.4) is 0 Å². The van der Waals surface area contributed by atoms with Gasteiger partial charge in [0.25, 0.3) is 0 Å². The standard InChI is InChI=1S/C22H20O8/c1-4-27-22(25)14-5-7-15(8-6-14)30-19-12-28-18-11-16(9-10-17(18)20(19)23)29-13(2)21(24)26-3/h5-13H,4H2,1-3H3/t13-/m0/s1. The molecule has 2 aromatic carbocycles. The molecule has 0 aliphatic rings. The van der Waals surface area contributed by atoms with Crippen LogP contribution in [0.15, 0.2) is 57.9 Å². The third-order valence-electron chi connectivity index (χ3n) is 4.15. The summed E-state index contributed by atoms with van der Waals surface area (Å²) in [5.74, 6) is -0.251. The highest BCUT2D eigenvalue weighted by Crippen LogP contribution is 2.25. The predicted octanol–water partition coefficient (Wildman–Crippen LogP) is 3.70. The van der Waals surface area contributed by atoms with Crippen molar-refractivity contribution in [2.75, 3.05) is 13.7 Å². The van der Waals surface area contributed by atoms with E-state index in [0.717, 1.165) is 0 Å². The van der Waals surface area contributed by atoms with Crippen molar-refractivity contribution in [1.82, 2.24) is 0 Å². The molecular formula is C22H20O8. The van der Waals surface area contributed by atoms with Crippen molar-refractivity contribution in [1.29, 1.82) is 0 Å². The minimum Gasteiger partial charge on any atom is -0.479 e. The molecule has 8 heteroatoms. The Morgan fingerprint density at radius 1 is 1.07 bits per heavy atom. The third kappa shape index (κ3) is 4.60. The number of methoxy groups -OCH3 is 1. The fourth-order valence-electron chi connectivity index (χ4n) is 2.65. The number of rotatable bonds is 7. The highest BCUT2D eigenvalue weighted by molar-refractivity contribution is 5.89. The predicted molar refractivity (Wildman–Crippen MR) is 107 cm³/mol. The molecule has 0 bridgehead atoms. The minimum atomic E-state index is -0.806. The first-order chi connectivity index (χ1) is 14.4. The lowest BCUT2D eigenvalue weighted by Crippen LogP contribution is -2.24. The van der Waals surface area contributed by atoms with Crippen LogP contribution in [0.4, 0.5) is 0 Å². The second kappa shape index (κ2) is 9.13. The van der Waals surface area contributed by atoms with Gasteiger partial charge in [0, 0.05) is 6.07 Å². The van der Waals surface area contributed by atoms with Crippen LogP contribution in [0.25, 0.3) is 11.0 Å². The second-order valence-corrected chi connectivity index (χ2v) is 6.22. The average Bonchev–Trinajstić information content (AvgIpc) is 2.75. The molecule has 0 aliphatic carbocycles. The highest BCUT2D eigenvalue weighted by Gasteiger charge is 2.16. The van der Waals surface area contributed by atoms with Gasteiger partial charge in [0.1, 0.15) is 23.3 Å². The number of carbonyl (C=O) groups is 2. The smallest absolute Gasteiger partial charge is 0.346 e. The van der Waals surface area contributed by atoms with Crippen LogP contribution in [-0.4, -0.2) is 31.8 Å². The molecule has 1 aromatic heterocycles. The molecule has 30 heavy (non-hydrogen) atoms. The average molecular weight is 412 g/mol. The Bertz CT molecular complexity index is 1110. The summed E-state index contributed by atoms with van der Waals surface area (Å²) >= 11 is 0. The van der Waals surface area contributed by atoms with Crippen molar-refractivity contribution in [3.8, 4) is 17.2 Å². The number of benzene rings is 2. The molecule has 3 aromatic rings. The number of ether oxygens (including phenoxy) is 4. The van der Waals surface area contributed by atoms with Crippen LogP contribution in [0.5, 0.6) is 17.2 Å². The fourth-order valence-corrected chi connectivity index (χ4v) is 2.65. The fraction of sp³-hybridized carbons (Fsp3) is 0.227. The van der Waals surface area contributed by atoms with E-state index in [-0.39, 0.29) is 28.8 Å². The van der Waals surface area contributed by atoms with Gasteiger partial charge >= 0.3 is 11.9 Å². The largest absolute Gasteiger partial charge is 0.479 e. The van der Waals surface area contributed by atoms with Crippen LogP contribution in [0.2, 0.25) is 0 Å². The van der Waals surface area contributed by atoms with Crippen molar-refractivity contribution in [2.45, 2.75) is 20.0 Å². The summed E-state index contributed by atoms with van der Waals surface area (Å²) in [5, 5.41) is 0.286. The van der Waals surface area contributed by atoms with Gasteiger partial charge < -0.3 is 23.4 Å². The lowest BCUT2D eigenvalue weighted by molar-refractivity contribution is -0.147. The Morgan fingerprint density at radius 3 is 2.43 bits per heavy atom. The molecule has 0 aliphatic heterocycles. The van der Waals surface area contributed by atoms with E-state index >= 15 is 0 Å². The Labute approximate surface area is 171 Å². The molecule has 3 rings (SSSR count). The van der Waals surface area contributed by atoms with Crippen LogP contribution in [0.1, 0.15) is 24.2 Å². The van der Waals surface area contributed by atoms with Crippen molar-refractivity contribution < 1.29 is 33.0 Å². The SMILES string of the molecule is CCOC(=O)c1ccc(Oc2coc3cc(O[C@@H](C)C(=O)OC)ccc3c2=O)cc1. The number of fused-ring (bicyclic) bond motifs is 1. The summed E-state index contributed by atoms with van der Waals surface area (Å²) in [7, 11) is 1.27. The zero-order chi connectivity index (χ0) is 21.7. The van der Waals surface area contributed by atoms with E-state index in [2.05, 4.69) is 4.74 Å². The van der Waals surface area contributed by atoms with E-state index in [0.29, 0.717) is 17.1 Å². The summed E-state index contributed by atoms with van der Waals surface area (Å²) in [5.41, 5.74) is 0.279. The molecular weight excluding hydrogens is 392 g/mol. The van der Waals surface area contributed by atoms with Crippen molar-refractivity contribution in [2.24, 2.45) is 0 Å². The molecule has 0 radical (unpaired) electrons. The van der Waals surface area contributed by atoms with Gasteiger partial charge in [0.05, 0.1) is 24.7 Å². The first-order valence-electron chi connectivity index (χ1n) is 9.18. The number of carbonyl (C=O) groups excluding carboxylic acids is 2. The Kier molecular flexibility index (Phi) is 6.36. The second-order valence-electron chi connectivity index (χ2n) is 6.22. The van der Waals surface area contributed by atoms with Gasteiger partial charge in [-0.05, 0) is 50.2 Å². The lowest BCUT2D eigenvalue weighted by Gasteiger charge is -2.12. The molecule has 0 amide bonds. The molecule has 8 nitrogen and oxygen atoms in total. The minimum absolute atomic E-state index is 0.0111. The molecule has 0 unspecified atom stereocenters. The van der Waals surface area contributed by atoms with E-state index < -0.39 is 18.0 Å². The normalized spacial score (nSPS) is 11.6. The number of hydrogen-bond donors (Lipinski definition) is 0. The summed E-state index contributed by atoms with van der Waals surface area (Å²) < 4.78 is 26.1. The quantitative estimate of drug-likeness (QED) is 0.542. The molecule has 0 N–H and O–H groups in total. The molecule has 0 saturated carbocycles. The summed E-state index contributed by atoms with van der Waals surface area (Å²) in [4.78, 5) is 35.9. The van der Waals surface area contributed by atoms with Gasteiger partial charge in [-0.1, -0.05) is 0 Å². The Balaban J connectivity index is 1.80. The molecule has 1 atom stereocenters. The first kappa shape index (κ1) is 20.9. The van der Waals surface area contributed by atoms with Crippen LogP contribution in [-0.2, 0) is 14.3 Å². The maximum absolute atomic E-state index is 12.7. The van der Waals surface area contributed by atoms with Crippen LogP contribution < -0.4 is 14.9 Å². The van der Waals surface area contributed by atoms with Gasteiger partial charge in [-0.25, -0.2) is 9.59 Å². The van der Waals surface area contributed by atoms with E-state index in [1.54, 1.807) is 44.2 Å². The van der Waals surface area contributed by atoms with Crippen molar-refractivity contribution in [3.05, 3.63) is 64.5 Å². The van der Waals surface area contributed by atoms with Crippen LogP contribution >= 0.6 is 0 Å². The van der Waals surface area contributed by atoms with Gasteiger partial charge in [-0.15, -0.1) is 0 Å². The molecule has 156 valence electrons. The Hall–Kier alpha value is -3.81. The topological polar surface area (TPSA) is 101 Å². The maximum Gasteiger partial charge on any atom is 0.346 e. The highest BCUT2D eigenvalue weighted by atomic mass is 16.6. The van der Waals surface area contributed by atoms with Crippen LogP contribution in [0, 0.1) is 0 Å². The van der Waals surface area contributed by atoms with Gasteiger partial charge in [-0.3, -0.25) is 4.79 Å². The van der Waals surface area contributed by atoms with Crippen molar-refractivity contribution in [3.63, 3.8) is 0 Å². The summed E-state index contributed by atoms with van der Waals surface area (Å²) in [6.07, 6.45) is 0.386. The molecule has 0 fully saturated rings. The van der Waals surface area contributed by atoms with Gasteiger partial charge in [-0.2, -0.15) is 0 Å². The number of esters is 2. The van der Waals surface area contributed by atoms with E-state index in [1.807, 2.05) is 0 Å². The van der Waals surface area contributed by atoms with E-state index in [9.17, 15) is 14.4 Å². The van der Waals surface area contributed by atoms with E-state index in [1.165, 1.54) is 25.5 Å². The molecule has 0 spiro atoms. The molecule has 0 saturated heterocycles. The third-order valence-corrected chi connectivity index (χ3v) is 4.15. The first-order valence-corrected chi connectivity index (χ1v) is 9.18. The number of hydrogen-bond acceptors (Lipinski definition) is 8. The van der Waals surface area contributed by atoms with Gasteiger partial charge in [0.15, 0.2) is 6.10 Å². The van der Waals surface area contributed by atoms with Gasteiger partial charge in [0.2, 0.25) is 11.2 Å². The summed E-state index contributed by atoms with van der Waals surface area (Å²) in [6, 6.07) is 10.8. The lowest BCUT2D eigenvalue weighted by atomic mass is 10.2. The zero-order valence-corrected chi connectivity index (χ0v) is 16.7. The maximum atomic E-state index is 12.7. The van der Waals surface area contributed by atoms with E-state index in [4.69, 9.17) is 18.6 Å². The van der Waals surface area contributed by atoms with Crippen molar-refractivity contribution >= 4 is 22.9 Å². The monoisotopic (exact) mass is 412 g/mol. The summed E-state index contributed by atoms with van der Waals surface area (Å²) in [6.45, 7) is 3.56. The zero-order valence-electron chi connectivity index (χ0n) is 16.7. The Morgan fingerprint density at radius 2 is 1.77 bits per heavy atom. The molecule has 1 heterocycles.